The number of para-hydroxylation sites is 1. The summed E-state index contributed by atoms with van der Waals surface area (Å²) in [5.74, 6) is 0.196. The lowest BCUT2D eigenvalue weighted by molar-refractivity contribution is -0.111. The van der Waals surface area contributed by atoms with Crippen molar-refractivity contribution >= 4 is 39.6 Å². The van der Waals surface area contributed by atoms with Crippen LogP contribution in [-0.4, -0.2) is 26.1 Å². The van der Waals surface area contributed by atoms with Crippen LogP contribution in [0.25, 0.3) is 6.08 Å². The highest BCUT2D eigenvalue weighted by atomic mass is 79.9. The minimum absolute atomic E-state index is 0.279. The molecule has 6 nitrogen and oxygen atoms in total. The Balaban J connectivity index is 1.72. The van der Waals surface area contributed by atoms with Gasteiger partial charge in [0.25, 0.3) is 0 Å². The lowest BCUT2D eigenvalue weighted by Gasteiger charge is -2.13. The van der Waals surface area contributed by atoms with Crippen LogP contribution in [0.1, 0.15) is 21.5 Å². The molecule has 1 N–H and O–H groups in total. The highest BCUT2D eigenvalue weighted by molar-refractivity contribution is 9.10. The van der Waals surface area contributed by atoms with Gasteiger partial charge in [-0.25, -0.2) is 4.79 Å². The second-order valence-corrected chi connectivity index (χ2v) is 7.52. The van der Waals surface area contributed by atoms with Crippen LogP contribution in [-0.2, 0) is 16.1 Å². The summed E-state index contributed by atoms with van der Waals surface area (Å²) in [6, 6.07) is 20.1. The van der Waals surface area contributed by atoms with Crippen LogP contribution in [0, 0.1) is 0 Å². The molecule has 3 aromatic carbocycles. The third-order valence-corrected chi connectivity index (χ3v) is 5.08. The molecule has 0 aliphatic heterocycles. The van der Waals surface area contributed by atoms with Crippen LogP contribution in [0.5, 0.6) is 11.5 Å². The van der Waals surface area contributed by atoms with Gasteiger partial charge in [0.1, 0.15) is 6.61 Å². The van der Waals surface area contributed by atoms with Gasteiger partial charge in [-0.05, 0) is 57.4 Å². The predicted molar refractivity (Wildman–Crippen MR) is 127 cm³/mol. The second-order valence-electron chi connectivity index (χ2n) is 6.67. The Morgan fingerprint density at radius 3 is 2.44 bits per heavy atom. The molecule has 0 radical (unpaired) electrons. The SMILES string of the molecule is COC(=O)c1ccccc1NC(=O)/C=C/c1cc(Br)c(OCc2ccccc2)c(OC)c1. The molecule has 0 unspecified atom stereocenters. The smallest absolute Gasteiger partial charge is 0.339 e. The lowest BCUT2D eigenvalue weighted by Crippen LogP contribution is -2.12. The summed E-state index contributed by atoms with van der Waals surface area (Å²) in [5, 5.41) is 2.69. The molecule has 0 atom stereocenters. The van der Waals surface area contributed by atoms with E-state index in [0.29, 0.717) is 28.3 Å². The zero-order valence-electron chi connectivity index (χ0n) is 17.6. The Kier molecular flexibility index (Phi) is 8.05. The van der Waals surface area contributed by atoms with Crippen molar-refractivity contribution in [2.75, 3.05) is 19.5 Å². The molecule has 1 amide bonds. The quantitative estimate of drug-likeness (QED) is 0.331. The van der Waals surface area contributed by atoms with Crippen molar-refractivity contribution in [1.82, 2.24) is 0 Å². The average Bonchev–Trinajstić information content (AvgIpc) is 2.82. The number of hydrogen-bond donors (Lipinski definition) is 1. The number of nitrogens with one attached hydrogen (secondary N) is 1. The first-order valence-corrected chi connectivity index (χ1v) is 10.5. The monoisotopic (exact) mass is 495 g/mol. The van der Waals surface area contributed by atoms with Crippen molar-refractivity contribution in [2.24, 2.45) is 0 Å². The van der Waals surface area contributed by atoms with Crippen LogP contribution >= 0.6 is 15.9 Å². The van der Waals surface area contributed by atoms with Gasteiger partial charge in [0, 0.05) is 6.08 Å². The molecule has 0 bridgehead atoms. The molecule has 3 aromatic rings. The molecule has 0 saturated carbocycles. The number of methoxy groups -OCH3 is 2. The fourth-order valence-electron chi connectivity index (χ4n) is 2.93. The number of hydrogen-bond acceptors (Lipinski definition) is 5. The van der Waals surface area contributed by atoms with Crippen molar-refractivity contribution in [2.45, 2.75) is 6.61 Å². The number of benzene rings is 3. The topological polar surface area (TPSA) is 73.9 Å². The summed E-state index contributed by atoms with van der Waals surface area (Å²) >= 11 is 3.52. The molecule has 7 heteroatoms. The van der Waals surface area contributed by atoms with Crippen LogP contribution in [0.2, 0.25) is 0 Å². The van der Waals surface area contributed by atoms with E-state index in [-0.39, 0.29) is 11.5 Å². The maximum atomic E-state index is 12.4. The molecule has 32 heavy (non-hydrogen) atoms. The van der Waals surface area contributed by atoms with E-state index in [1.54, 1.807) is 43.5 Å². The van der Waals surface area contributed by atoms with Gasteiger partial charge in [-0.15, -0.1) is 0 Å². The van der Waals surface area contributed by atoms with Crippen molar-refractivity contribution in [3.8, 4) is 11.5 Å². The standard InChI is InChI=1S/C25H22BrNO5/c1-30-22-15-18(14-20(26)24(22)32-16-17-8-4-3-5-9-17)12-13-23(28)27-21-11-7-6-10-19(21)25(29)31-2/h3-15H,16H2,1-2H3,(H,27,28)/b13-12+. The number of rotatable bonds is 8. The van der Waals surface area contributed by atoms with Crippen molar-refractivity contribution in [1.29, 1.82) is 0 Å². The van der Waals surface area contributed by atoms with Gasteiger partial charge in [0.2, 0.25) is 5.91 Å². The molecular weight excluding hydrogens is 474 g/mol. The molecule has 0 aromatic heterocycles. The van der Waals surface area contributed by atoms with Gasteiger partial charge in [-0.1, -0.05) is 42.5 Å². The zero-order chi connectivity index (χ0) is 22.9. The van der Waals surface area contributed by atoms with Gasteiger partial charge >= 0.3 is 5.97 Å². The summed E-state index contributed by atoms with van der Waals surface area (Å²) in [5.41, 5.74) is 2.42. The second kappa shape index (κ2) is 11.2. The molecule has 0 heterocycles. The summed E-state index contributed by atoms with van der Waals surface area (Å²) < 4.78 is 16.8. The van der Waals surface area contributed by atoms with E-state index in [2.05, 4.69) is 21.2 Å². The van der Waals surface area contributed by atoms with E-state index in [0.717, 1.165) is 11.1 Å². The Labute approximate surface area is 194 Å². The van der Waals surface area contributed by atoms with Crippen LogP contribution in [0.4, 0.5) is 5.69 Å². The number of halogens is 1. The average molecular weight is 496 g/mol. The van der Waals surface area contributed by atoms with Gasteiger partial charge < -0.3 is 19.5 Å². The Morgan fingerprint density at radius 1 is 1.00 bits per heavy atom. The van der Waals surface area contributed by atoms with Gasteiger partial charge in [0.05, 0.1) is 29.9 Å². The third kappa shape index (κ3) is 5.98. The number of carbonyl (C=O) groups is 2. The van der Waals surface area contributed by atoms with E-state index in [1.807, 2.05) is 36.4 Å². The Bertz CT molecular complexity index is 1130. The van der Waals surface area contributed by atoms with Crippen LogP contribution in [0.3, 0.4) is 0 Å². The maximum Gasteiger partial charge on any atom is 0.339 e. The first kappa shape index (κ1) is 23.1. The molecule has 0 aliphatic carbocycles. The molecule has 0 fully saturated rings. The normalized spacial score (nSPS) is 10.6. The Hall–Kier alpha value is -3.58. The van der Waals surface area contributed by atoms with E-state index >= 15 is 0 Å². The number of esters is 1. The molecule has 0 saturated heterocycles. The highest BCUT2D eigenvalue weighted by Crippen LogP contribution is 2.37. The summed E-state index contributed by atoms with van der Waals surface area (Å²) in [6.07, 6.45) is 3.02. The third-order valence-electron chi connectivity index (χ3n) is 4.50. The van der Waals surface area contributed by atoms with Crippen molar-refractivity contribution in [3.63, 3.8) is 0 Å². The van der Waals surface area contributed by atoms with E-state index in [1.165, 1.54) is 13.2 Å². The summed E-state index contributed by atoms with van der Waals surface area (Å²) in [6.45, 7) is 0.396. The number of ether oxygens (including phenoxy) is 3. The van der Waals surface area contributed by atoms with E-state index < -0.39 is 5.97 Å². The summed E-state index contributed by atoms with van der Waals surface area (Å²) in [7, 11) is 2.85. The van der Waals surface area contributed by atoms with Crippen molar-refractivity contribution < 1.29 is 23.8 Å². The fraction of sp³-hybridized carbons (Fsp3) is 0.120. The van der Waals surface area contributed by atoms with Crippen molar-refractivity contribution in [3.05, 3.63) is 94.0 Å². The Morgan fingerprint density at radius 2 is 1.72 bits per heavy atom. The predicted octanol–water partition coefficient (Wildman–Crippen LogP) is 5.48. The maximum absolute atomic E-state index is 12.4. The molecule has 0 spiro atoms. The minimum atomic E-state index is -0.523. The van der Waals surface area contributed by atoms with Crippen LogP contribution in [0.15, 0.2) is 77.3 Å². The van der Waals surface area contributed by atoms with E-state index in [4.69, 9.17) is 14.2 Å². The molecule has 3 rings (SSSR count). The largest absolute Gasteiger partial charge is 0.493 e. The fourth-order valence-corrected chi connectivity index (χ4v) is 3.51. The van der Waals surface area contributed by atoms with Crippen LogP contribution < -0.4 is 14.8 Å². The first-order chi connectivity index (χ1) is 15.5. The lowest BCUT2D eigenvalue weighted by atomic mass is 10.1. The van der Waals surface area contributed by atoms with Gasteiger partial charge in [-0.3, -0.25) is 4.79 Å². The molecule has 0 aliphatic rings. The highest BCUT2D eigenvalue weighted by Gasteiger charge is 2.13. The number of carbonyl (C=O) groups excluding carboxylic acids is 2. The zero-order valence-corrected chi connectivity index (χ0v) is 19.2. The summed E-state index contributed by atoms with van der Waals surface area (Å²) in [4.78, 5) is 24.3. The van der Waals surface area contributed by atoms with Gasteiger partial charge in [0.15, 0.2) is 11.5 Å². The molecular formula is C25H22BrNO5. The number of amides is 1. The first-order valence-electron chi connectivity index (χ1n) is 9.72. The minimum Gasteiger partial charge on any atom is -0.493 e. The number of anilines is 1. The molecule has 164 valence electrons. The van der Waals surface area contributed by atoms with Gasteiger partial charge in [-0.2, -0.15) is 0 Å². The van der Waals surface area contributed by atoms with E-state index in [9.17, 15) is 9.59 Å².